The molecule has 0 atom stereocenters. The summed E-state index contributed by atoms with van der Waals surface area (Å²) in [5.74, 6) is -14.8. The van der Waals surface area contributed by atoms with Crippen molar-refractivity contribution in [1.29, 1.82) is 0 Å². The molecule has 15 heteroatoms. The number of aromatic hydroxyl groups is 5. The van der Waals surface area contributed by atoms with Gasteiger partial charge in [0.1, 0.15) is 28.7 Å². The van der Waals surface area contributed by atoms with E-state index in [2.05, 4.69) is 0 Å². The zero-order valence-electron chi connectivity index (χ0n) is 66.3. The minimum Gasteiger partial charge on any atom is -0.507 e. The van der Waals surface area contributed by atoms with Gasteiger partial charge in [-0.05, 0) is 159 Å². The van der Waals surface area contributed by atoms with Crippen LogP contribution in [0.4, 0.5) is 0 Å². The summed E-state index contributed by atoms with van der Waals surface area (Å²) in [5.41, 5.74) is 0.0482. The number of ether oxygens (including phenoxy) is 4. The van der Waals surface area contributed by atoms with Gasteiger partial charge in [-0.3, -0.25) is 19.2 Å². The molecule has 0 saturated heterocycles. The second-order valence-electron chi connectivity index (χ2n) is 38.0. The number of hydrogen-bond donors (Lipinski definition) is 6. The maximum absolute atomic E-state index is 15.8. The molecule has 15 nitrogen and oxygen atoms in total. The third-order valence-electron chi connectivity index (χ3n) is 18.5. The minimum atomic E-state index is -3.98. The quantitative estimate of drug-likeness (QED) is 0.0333. The lowest BCUT2D eigenvalue weighted by Crippen LogP contribution is -2.66. The third kappa shape index (κ3) is 19.3. The fourth-order valence-electron chi connectivity index (χ4n) is 12.6. The molecule has 0 aliphatic rings. The molecule has 0 radical (unpaired) electrons. The van der Waals surface area contributed by atoms with Crippen LogP contribution >= 0.6 is 0 Å². The summed E-state index contributed by atoms with van der Waals surface area (Å²) in [5, 5.41) is 72.2. The second kappa shape index (κ2) is 28.7. The molecule has 0 aliphatic carbocycles. The summed E-state index contributed by atoms with van der Waals surface area (Å²) in [6.07, 6.45) is -2.82. The van der Waals surface area contributed by atoms with E-state index < -0.39 is 127 Å². The average molecular weight is 1380 g/mol. The van der Waals surface area contributed by atoms with Crippen LogP contribution in [0.25, 0.3) is 0 Å². The lowest BCUT2D eigenvalue weighted by molar-refractivity contribution is -0.361. The highest BCUT2D eigenvalue weighted by molar-refractivity contribution is 5.87. The highest BCUT2D eigenvalue weighted by atomic mass is 16.8. The molecule has 0 bridgehead atoms. The van der Waals surface area contributed by atoms with E-state index in [1.807, 2.05) is 166 Å². The number of benzene rings is 5. The molecule has 0 amide bonds. The summed E-state index contributed by atoms with van der Waals surface area (Å²) in [6, 6.07) is 16.8. The molecule has 0 saturated carbocycles. The number of hydrogen-bond acceptors (Lipinski definition) is 14. The standard InChI is InChI=1S/C85H122O15/c1-74(2,3)54-39-49(40-55(68(54)90)75(4,5)6)31-35-64(86)97-84(53-47-62(82(25,26)27)72(94)63(48-53)83(28,29)30,98-65(87)36-32-50-41-56(76(7,8)9)69(91)57(42-50)77(10,11)12)85(73(95)96,99-66(88)37-33-51-43-58(78(13,14)15)70(92)59(44-51)79(16,17)18)100-67(89)38-34-52-45-60(80(19,20)21)71(93)61(46-52)81(22,23)24/h39-48,90-94H,31-38H2,1-30H3,(H,95,96). The predicted octanol–water partition coefficient (Wildman–Crippen LogP) is 18.8. The molecule has 0 fully saturated rings. The predicted molar refractivity (Wildman–Crippen MR) is 397 cm³/mol. The number of carboxylic acid groups (broad SMARTS) is 1. The lowest BCUT2D eigenvalue weighted by atomic mass is 9.76. The number of carboxylic acids is 1. The van der Waals surface area contributed by atoms with Crippen molar-refractivity contribution in [1.82, 2.24) is 0 Å². The number of phenolic OH excluding ortho intramolecular Hbond substituents is 5. The van der Waals surface area contributed by atoms with Crippen molar-refractivity contribution in [3.8, 4) is 28.7 Å². The first-order chi connectivity index (χ1) is 44.9. The van der Waals surface area contributed by atoms with E-state index >= 15 is 24.0 Å². The summed E-state index contributed by atoms with van der Waals surface area (Å²) in [6.45, 7) is 57.3. The maximum Gasteiger partial charge on any atom is 0.440 e. The van der Waals surface area contributed by atoms with E-state index in [0.717, 1.165) is 0 Å². The van der Waals surface area contributed by atoms with Gasteiger partial charge in [0.15, 0.2) is 0 Å². The van der Waals surface area contributed by atoms with Crippen molar-refractivity contribution in [3.63, 3.8) is 0 Å². The van der Waals surface area contributed by atoms with Gasteiger partial charge in [-0.25, -0.2) is 4.79 Å². The van der Waals surface area contributed by atoms with Crippen LogP contribution in [0.15, 0.2) is 60.7 Å². The Hall–Kier alpha value is -7.55. The third-order valence-corrected chi connectivity index (χ3v) is 18.5. The minimum absolute atomic E-state index is 0.0793. The van der Waals surface area contributed by atoms with E-state index in [1.165, 1.54) is 12.1 Å². The summed E-state index contributed by atoms with van der Waals surface area (Å²) >= 11 is 0. The van der Waals surface area contributed by atoms with Gasteiger partial charge < -0.3 is 49.6 Å². The van der Waals surface area contributed by atoms with Crippen LogP contribution in [0.2, 0.25) is 0 Å². The van der Waals surface area contributed by atoms with Gasteiger partial charge >= 0.3 is 41.4 Å². The van der Waals surface area contributed by atoms with Gasteiger partial charge in [0.05, 0.1) is 0 Å². The lowest BCUT2D eigenvalue weighted by Gasteiger charge is -2.44. The molecule has 0 unspecified atom stereocenters. The van der Waals surface area contributed by atoms with Crippen molar-refractivity contribution >= 4 is 29.8 Å². The molecule has 5 aromatic carbocycles. The average Bonchev–Trinajstić information content (AvgIpc) is 0.715. The number of carbonyl (C=O) groups is 5. The molecule has 0 aromatic heterocycles. The number of esters is 4. The van der Waals surface area contributed by atoms with Crippen molar-refractivity contribution in [2.75, 3.05) is 0 Å². The van der Waals surface area contributed by atoms with Crippen LogP contribution in [-0.2, 0) is 129 Å². The summed E-state index contributed by atoms with van der Waals surface area (Å²) in [4.78, 5) is 78.5. The van der Waals surface area contributed by atoms with E-state index in [-0.39, 0.29) is 65.6 Å². The van der Waals surface area contributed by atoms with Crippen LogP contribution < -0.4 is 0 Å². The zero-order valence-corrected chi connectivity index (χ0v) is 66.3. The number of rotatable bonds is 19. The Kier molecular flexibility index (Phi) is 23.9. The fourth-order valence-corrected chi connectivity index (χ4v) is 12.6. The van der Waals surface area contributed by atoms with Crippen LogP contribution in [0.3, 0.4) is 0 Å². The number of aryl methyl sites for hydroxylation is 4. The van der Waals surface area contributed by atoms with Gasteiger partial charge in [-0.2, -0.15) is 0 Å². The topological polar surface area (TPSA) is 244 Å². The first kappa shape index (κ1) is 83.1. The Bertz CT molecular complexity index is 3500. The van der Waals surface area contributed by atoms with Crippen molar-refractivity contribution in [3.05, 3.63) is 144 Å². The normalized spacial score (nSPS) is 13.5. The first-order valence-electron chi connectivity index (χ1n) is 35.3. The molecule has 5 rings (SSSR count). The monoisotopic (exact) mass is 1380 g/mol. The highest BCUT2D eigenvalue weighted by Gasteiger charge is 2.72. The molecule has 100 heavy (non-hydrogen) atoms. The first-order valence-corrected chi connectivity index (χ1v) is 35.3. The highest BCUT2D eigenvalue weighted by Crippen LogP contribution is 2.51. The van der Waals surface area contributed by atoms with E-state index in [1.54, 1.807) is 90.1 Å². The Labute approximate surface area is 598 Å². The summed E-state index contributed by atoms with van der Waals surface area (Å²) < 4.78 is 26.4. The fraction of sp³-hybridized carbons (Fsp3) is 0.588. The van der Waals surface area contributed by atoms with Gasteiger partial charge in [0.25, 0.3) is 0 Å². The number of phenols is 5. The van der Waals surface area contributed by atoms with Crippen LogP contribution in [0.1, 0.15) is 317 Å². The Morgan fingerprint density at radius 2 is 0.410 bits per heavy atom. The Morgan fingerprint density at radius 3 is 0.560 bits per heavy atom. The molecule has 0 aliphatic heterocycles. The van der Waals surface area contributed by atoms with Crippen LogP contribution in [0, 0.1) is 0 Å². The number of aliphatic carboxylic acids is 1. The maximum atomic E-state index is 15.8. The van der Waals surface area contributed by atoms with Gasteiger partial charge in [0, 0.05) is 42.4 Å². The van der Waals surface area contributed by atoms with Crippen molar-refractivity contribution in [2.24, 2.45) is 0 Å². The molecule has 0 spiro atoms. The Morgan fingerprint density at radius 1 is 0.260 bits per heavy atom. The SMILES string of the molecule is CC(C)(C)c1cc(CCC(=O)OC(OC(=O)CCc2cc(C(C)(C)C)c(O)c(C(C)(C)C)c2)(C(=O)O)C(OC(=O)CCc2cc(C(C)(C)C)c(O)c(C(C)(C)C)c2)(OC(=O)CCc2cc(C(C)(C)C)c(O)c(C(C)(C)C)c2)c2cc(C(C)(C)C)c(O)c(C(C)(C)C)c2)cc(C(C)(C)C)c1O. The van der Waals surface area contributed by atoms with E-state index in [9.17, 15) is 30.6 Å². The molecular weight excluding hydrogens is 1260 g/mol. The Balaban J connectivity index is 1.99. The summed E-state index contributed by atoms with van der Waals surface area (Å²) in [7, 11) is 0. The van der Waals surface area contributed by atoms with Gasteiger partial charge in [-0.1, -0.05) is 256 Å². The van der Waals surface area contributed by atoms with Gasteiger partial charge in [-0.15, -0.1) is 0 Å². The van der Waals surface area contributed by atoms with Crippen LogP contribution in [0.5, 0.6) is 28.7 Å². The van der Waals surface area contributed by atoms with Crippen molar-refractivity contribution < 1.29 is 73.6 Å². The molecule has 0 heterocycles. The van der Waals surface area contributed by atoms with E-state index in [4.69, 9.17) is 18.9 Å². The smallest absolute Gasteiger partial charge is 0.440 e. The molecule has 5 aromatic rings. The van der Waals surface area contributed by atoms with Crippen LogP contribution in [-0.4, -0.2) is 66.3 Å². The molecule has 6 N–H and O–H groups in total. The van der Waals surface area contributed by atoms with E-state index in [0.29, 0.717) is 66.8 Å². The van der Waals surface area contributed by atoms with Gasteiger partial charge in [0.2, 0.25) is 0 Å². The van der Waals surface area contributed by atoms with Crippen molar-refractivity contribution in [2.45, 2.75) is 325 Å². The molecular formula is C85H122O15. The zero-order chi connectivity index (χ0) is 77.0. The number of carbonyl (C=O) groups excluding carboxylic acids is 4. The largest absolute Gasteiger partial charge is 0.507 e. The molecule has 552 valence electrons. The second-order valence-corrected chi connectivity index (χ2v) is 38.0.